The maximum Gasteiger partial charge on any atom is 0.229 e. The van der Waals surface area contributed by atoms with E-state index >= 15 is 0 Å². The lowest BCUT2D eigenvalue weighted by Crippen LogP contribution is -2.36. The Bertz CT molecular complexity index is 647. The van der Waals surface area contributed by atoms with Crippen molar-refractivity contribution in [2.24, 2.45) is 13.0 Å². The molecule has 0 aliphatic heterocycles. The molecule has 0 spiro atoms. The third-order valence-corrected chi connectivity index (χ3v) is 4.09. The maximum absolute atomic E-state index is 9.63. The molecule has 1 saturated carbocycles. The molecule has 2 N–H and O–H groups in total. The van der Waals surface area contributed by atoms with Crippen LogP contribution in [0, 0.1) is 5.92 Å². The minimum atomic E-state index is -0.235. The minimum Gasteiger partial charge on any atom is -0.481 e. The zero-order valence-electron chi connectivity index (χ0n) is 13.4. The molecule has 0 radical (unpaired) electrons. The quantitative estimate of drug-likeness (QED) is 0.825. The van der Waals surface area contributed by atoms with Gasteiger partial charge in [-0.25, -0.2) is 0 Å². The van der Waals surface area contributed by atoms with Crippen molar-refractivity contribution in [3.63, 3.8) is 0 Å². The van der Waals surface area contributed by atoms with Crippen molar-refractivity contribution in [1.82, 2.24) is 19.7 Å². The van der Waals surface area contributed by atoms with Crippen molar-refractivity contribution in [1.29, 1.82) is 0 Å². The Labute approximate surface area is 134 Å². The third-order valence-electron chi connectivity index (χ3n) is 4.09. The lowest BCUT2D eigenvalue weighted by molar-refractivity contribution is 0.0338. The van der Waals surface area contributed by atoms with Crippen molar-refractivity contribution < 1.29 is 14.6 Å². The highest BCUT2D eigenvalue weighted by molar-refractivity contribution is 5.37. The number of anilines is 1. The van der Waals surface area contributed by atoms with Crippen molar-refractivity contribution >= 4 is 5.95 Å². The number of hydrogen-bond acceptors (Lipinski definition) is 7. The van der Waals surface area contributed by atoms with E-state index in [9.17, 15) is 5.11 Å². The summed E-state index contributed by atoms with van der Waals surface area (Å²) in [6, 6.07) is 1.60. The predicted octanol–water partition coefficient (Wildman–Crippen LogP) is 1.15. The van der Waals surface area contributed by atoms with Crippen molar-refractivity contribution in [2.45, 2.75) is 25.0 Å². The maximum atomic E-state index is 9.63. The van der Waals surface area contributed by atoms with Crippen molar-refractivity contribution in [2.75, 3.05) is 19.5 Å². The molecule has 1 aliphatic rings. The van der Waals surface area contributed by atoms with Crippen LogP contribution in [0.4, 0.5) is 5.95 Å². The predicted molar refractivity (Wildman–Crippen MR) is 83.4 cm³/mol. The fourth-order valence-corrected chi connectivity index (χ4v) is 2.79. The second-order valence-corrected chi connectivity index (χ2v) is 5.73. The number of hydrogen-bond donors (Lipinski definition) is 2. The van der Waals surface area contributed by atoms with Crippen LogP contribution in [0.15, 0.2) is 18.5 Å². The van der Waals surface area contributed by atoms with Crippen LogP contribution in [0.25, 0.3) is 0 Å². The number of aryl methyl sites for hydroxylation is 1. The molecule has 2 aromatic heterocycles. The minimum absolute atomic E-state index is 0.0242. The number of rotatable bonds is 6. The van der Waals surface area contributed by atoms with E-state index in [0.29, 0.717) is 23.6 Å². The average molecular weight is 319 g/mol. The van der Waals surface area contributed by atoms with E-state index in [4.69, 9.17) is 9.47 Å². The first-order valence-electron chi connectivity index (χ1n) is 7.49. The summed E-state index contributed by atoms with van der Waals surface area (Å²) < 4.78 is 12.1. The van der Waals surface area contributed by atoms with Crippen LogP contribution in [-0.4, -0.2) is 45.2 Å². The summed E-state index contributed by atoms with van der Waals surface area (Å²) in [4.78, 5) is 8.64. The van der Waals surface area contributed by atoms with Gasteiger partial charge < -0.3 is 19.9 Å². The highest BCUT2D eigenvalue weighted by Gasteiger charge is 2.36. The van der Waals surface area contributed by atoms with Gasteiger partial charge in [0.05, 0.1) is 38.6 Å². The molecule has 1 aliphatic carbocycles. The van der Waals surface area contributed by atoms with E-state index in [-0.39, 0.29) is 12.1 Å². The normalized spacial score (nSPS) is 21.4. The van der Waals surface area contributed by atoms with E-state index in [1.165, 1.54) is 0 Å². The van der Waals surface area contributed by atoms with Crippen LogP contribution in [0.2, 0.25) is 0 Å². The Morgan fingerprint density at radius 3 is 2.39 bits per heavy atom. The van der Waals surface area contributed by atoms with E-state index in [1.54, 1.807) is 25.0 Å². The first-order chi connectivity index (χ1) is 11.1. The van der Waals surface area contributed by atoms with Crippen molar-refractivity contribution in [3.8, 4) is 11.8 Å². The molecule has 23 heavy (non-hydrogen) atoms. The van der Waals surface area contributed by atoms with Gasteiger partial charge in [-0.1, -0.05) is 0 Å². The van der Waals surface area contributed by atoms with E-state index < -0.39 is 0 Å². The molecule has 124 valence electrons. The van der Waals surface area contributed by atoms with Gasteiger partial charge in [-0.15, -0.1) is 0 Å². The lowest BCUT2D eigenvalue weighted by atomic mass is 9.75. The molecule has 0 saturated heterocycles. The monoisotopic (exact) mass is 319 g/mol. The zero-order chi connectivity index (χ0) is 16.4. The van der Waals surface area contributed by atoms with E-state index in [2.05, 4.69) is 20.4 Å². The van der Waals surface area contributed by atoms with Gasteiger partial charge in [0, 0.05) is 18.8 Å². The highest BCUT2D eigenvalue weighted by Crippen LogP contribution is 2.39. The molecule has 1 unspecified atom stereocenters. The zero-order valence-corrected chi connectivity index (χ0v) is 13.4. The number of nitrogens with one attached hydrogen (secondary N) is 1. The Balaban J connectivity index is 1.86. The second kappa shape index (κ2) is 6.41. The van der Waals surface area contributed by atoms with E-state index in [0.717, 1.165) is 18.4 Å². The fourth-order valence-electron chi connectivity index (χ4n) is 2.79. The summed E-state index contributed by atoms with van der Waals surface area (Å²) in [5.41, 5.74) is 1.04. The van der Waals surface area contributed by atoms with E-state index in [1.807, 2.05) is 19.4 Å². The summed E-state index contributed by atoms with van der Waals surface area (Å²) in [6.07, 6.45) is 5.03. The number of aliphatic hydroxyl groups excluding tert-OH is 1. The molecular formula is C15H21N5O3. The van der Waals surface area contributed by atoms with Crippen molar-refractivity contribution in [3.05, 3.63) is 24.0 Å². The fraction of sp³-hybridized carbons (Fsp3) is 0.533. The molecule has 0 bridgehead atoms. The topological polar surface area (TPSA) is 94.3 Å². The first-order valence-corrected chi connectivity index (χ1v) is 7.49. The van der Waals surface area contributed by atoms with Crippen LogP contribution in [0.1, 0.15) is 24.4 Å². The largest absolute Gasteiger partial charge is 0.481 e. The van der Waals surface area contributed by atoms with Gasteiger partial charge in [0.2, 0.25) is 17.7 Å². The van der Waals surface area contributed by atoms with Gasteiger partial charge in [0.25, 0.3) is 0 Å². The van der Waals surface area contributed by atoms with Crippen LogP contribution >= 0.6 is 0 Å². The number of ether oxygens (including phenoxy) is 2. The number of aliphatic hydroxyl groups is 1. The molecule has 2 aromatic rings. The summed E-state index contributed by atoms with van der Waals surface area (Å²) in [5, 5.41) is 17.2. The van der Waals surface area contributed by atoms with Gasteiger partial charge in [0.1, 0.15) is 0 Å². The molecule has 0 aromatic carbocycles. The Morgan fingerprint density at radius 1 is 1.26 bits per heavy atom. The van der Waals surface area contributed by atoms with Gasteiger partial charge in [-0.05, 0) is 18.8 Å². The van der Waals surface area contributed by atoms with Gasteiger partial charge in [0.15, 0.2) is 0 Å². The van der Waals surface area contributed by atoms with Crippen LogP contribution < -0.4 is 14.8 Å². The van der Waals surface area contributed by atoms with Crippen LogP contribution in [0.5, 0.6) is 11.8 Å². The summed E-state index contributed by atoms with van der Waals surface area (Å²) in [7, 11) is 4.97. The highest BCUT2D eigenvalue weighted by atomic mass is 16.5. The van der Waals surface area contributed by atoms with Gasteiger partial charge >= 0.3 is 0 Å². The Kier molecular flexibility index (Phi) is 4.33. The second-order valence-electron chi connectivity index (χ2n) is 5.73. The molecule has 3 rings (SSSR count). The first kappa shape index (κ1) is 15.5. The molecule has 0 amide bonds. The molecule has 8 heteroatoms. The Morgan fingerprint density at radius 2 is 1.91 bits per heavy atom. The standard InChI is InChI=1S/C15H21N5O3/c1-20-8-10(7-16-20)14(9-4-11(21)5-9)19-15-17-12(22-2)6-13(18-15)23-3/h6-9,11,14,21H,4-5H2,1-3H3,(H,17,18,19). The van der Waals surface area contributed by atoms with Crippen LogP contribution in [0.3, 0.4) is 0 Å². The third kappa shape index (κ3) is 3.37. The van der Waals surface area contributed by atoms with Crippen LogP contribution in [-0.2, 0) is 7.05 Å². The van der Waals surface area contributed by atoms with Gasteiger partial charge in [-0.2, -0.15) is 15.1 Å². The summed E-state index contributed by atoms with van der Waals surface area (Å²) in [6.45, 7) is 0. The number of aromatic nitrogens is 4. The molecule has 2 heterocycles. The summed E-state index contributed by atoms with van der Waals surface area (Å²) in [5.74, 6) is 1.59. The molecule has 8 nitrogen and oxygen atoms in total. The molecule has 1 atom stereocenters. The smallest absolute Gasteiger partial charge is 0.229 e. The number of nitrogens with zero attached hydrogens (tertiary/aromatic N) is 4. The average Bonchev–Trinajstić information content (AvgIpc) is 2.95. The van der Waals surface area contributed by atoms with Gasteiger partial charge in [-0.3, -0.25) is 4.68 Å². The summed E-state index contributed by atoms with van der Waals surface area (Å²) >= 11 is 0. The molecule has 1 fully saturated rings. The number of methoxy groups -OCH3 is 2. The molecular weight excluding hydrogens is 298 g/mol. The SMILES string of the molecule is COc1cc(OC)nc(NC(c2cnn(C)c2)C2CC(O)C2)n1. The Hall–Kier alpha value is -2.35. The lowest BCUT2D eigenvalue weighted by Gasteiger charge is -2.37.